The normalized spacial score (nSPS) is 20.8. The Morgan fingerprint density at radius 1 is 1.36 bits per heavy atom. The van der Waals surface area contributed by atoms with E-state index in [4.69, 9.17) is 4.74 Å². The molecule has 0 radical (unpaired) electrons. The molecule has 0 bridgehead atoms. The fourth-order valence-electron chi connectivity index (χ4n) is 2.64. The molecule has 3 N–H and O–H groups in total. The van der Waals surface area contributed by atoms with Crippen molar-refractivity contribution in [3.63, 3.8) is 0 Å². The highest BCUT2D eigenvalue weighted by molar-refractivity contribution is 7.09. The van der Waals surface area contributed by atoms with Crippen LogP contribution in [0.5, 0.6) is 0 Å². The van der Waals surface area contributed by atoms with E-state index < -0.39 is 17.8 Å². The molecule has 1 aliphatic carbocycles. The summed E-state index contributed by atoms with van der Waals surface area (Å²) in [4.78, 5) is 28.1. The van der Waals surface area contributed by atoms with E-state index >= 15 is 0 Å². The third-order valence-electron chi connectivity index (χ3n) is 3.84. The Morgan fingerprint density at radius 2 is 2.08 bits per heavy atom. The van der Waals surface area contributed by atoms with Crippen LogP contribution in [0.4, 0.5) is 4.79 Å². The van der Waals surface area contributed by atoms with Gasteiger partial charge < -0.3 is 20.5 Å². The van der Waals surface area contributed by atoms with Gasteiger partial charge in [0.05, 0.1) is 17.2 Å². The molecule has 0 saturated heterocycles. The number of nitrogens with one attached hydrogen (secondary N) is 2. The van der Waals surface area contributed by atoms with E-state index in [1.807, 2.05) is 20.8 Å². The smallest absolute Gasteiger partial charge is 0.407 e. The van der Waals surface area contributed by atoms with Crippen molar-refractivity contribution in [2.45, 2.75) is 70.6 Å². The van der Waals surface area contributed by atoms with Gasteiger partial charge >= 0.3 is 6.09 Å². The molecule has 8 heteroatoms. The third kappa shape index (κ3) is 6.62. The maximum Gasteiger partial charge on any atom is 0.407 e. The summed E-state index contributed by atoms with van der Waals surface area (Å²) in [6.45, 7) is 5.81. The van der Waals surface area contributed by atoms with E-state index in [0.29, 0.717) is 18.7 Å². The fraction of sp³-hybridized carbons (Fsp3) is 0.706. The van der Waals surface area contributed by atoms with E-state index in [1.54, 1.807) is 5.38 Å². The van der Waals surface area contributed by atoms with Gasteiger partial charge in [-0.3, -0.25) is 4.79 Å². The number of nitrogens with zero attached hydrogens (tertiary/aromatic N) is 1. The van der Waals surface area contributed by atoms with Gasteiger partial charge in [-0.15, -0.1) is 11.3 Å². The number of aromatic nitrogens is 1. The monoisotopic (exact) mass is 369 g/mol. The summed E-state index contributed by atoms with van der Waals surface area (Å²) < 4.78 is 5.16. The van der Waals surface area contributed by atoms with Crippen molar-refractivity contribution < 1.29 is 19.4 Å². The molecule has 2 atom stereocenters. The topological polar surface area (TPSA) is 101 Å². The van der Waals surface area contributed by atoms with E-state index in [0.717, 1.165) is 30.7 Å². The van der Waals surface area contributed by atoms with E-state index in [2.05, 4.69) is 15.6 Å². The van der Waals surface area contributed by atoms with E-state index in [-0.39, 0.29) is 11.9 Å². The highest BCUT2D eigenvalue weighted by atomic mass is 32.1. The molecule has 2 amide bonds. The molecule has 1 aromatic rings. The fourth-order valence-corrected chi connectivity index (χ4v) is 3.42. The maximum absolute atomic E-state index is 12.2. The number of thiazole rings is 1. The number of ether oxygens (including phenoxy) is 1. The van der Waals surface area contributed by atoms with Crippen LogP contribution >= 0.6 is 11.3 Å². The van der Waals surface area contributed by atoms with Gasteiger partial charge in [-0.2, -0.15) is 0 Å². The first-order valence-corrected chi connectivity index (χ1v) is 9.53. The lowest BCUT2D eigenvalue weighted by Gasteiger charge is -2.27. The molecule has 0 aliphatic heterocycles. The van der Waals surface area contributed by atoms with E-state index in [9.17, 15) is 14.7 Å². The Morgan fingerprint density at radius 3 is 2.76 bits per heavy atom. The Hall–Kier alpha value is -1.67. The number of rotatable bonds is 5. The van der Waals surface area contributed by atoms with Gasteiger partial charge in [0, 0.05) is 18.3 Å². The molecule has 1 aromatic heterocycles. The third-order valence-corrected chi connectivity index (χ3v) is 4.75. The first-order chi connectivity index (χ1) is 11.7. The summed E-state index contributed by atoms with van der Waals surface area (Å²) in [7, 11) is 0. The summed E-state index contributed by atoms with van der Waals surface area (Å²) in [6, 6.07) is -0.194. The van der Waals surface area contributed by atoms with Crippen molar-refractivity contribution in [1.29, 1.82) is 0 Å². The first kappa shape index (κ1) is 19.7. The summed E-state index contributed by atoms with van der Waals surface area (Å²) >= 11 is 1.38. The molecule has 25 heavy (non-hydrogen) atoms. The number of amides is 2. The largest absolute Gasteiger partial charge is 0.444 e. The molecule has 140 valence electrons. The van der Waals surface area contributed by atoms with Gasteiger partial charge in [0.15, 0.2) is 0 Å². The van der Waals surface area contributed by atoms with Gasteiger partial charge in [0.1, 0.15) is 11.3 Å². The summed E-state index contributed by atoms with van der Waals surface area (Å²) in [5.74, 6) is -0.256. The second-order valence-corrected chi connectivity index (χ2v) is 8.18. The Balaban J connectivity index is 1.77. The van der Waals surface area contributed by atoms with Crippen LogP contribution in [0.2, 0.25) is 0 Å². The van der Waals surface area contributed by atoms with Crippen LogP contribution in [0, 0.1) is 0 Å². The molecule has 1 fully saturated rings. The molecule has 1 saturated carbocycles. The Bertz CT molecular complexity index is 597. The summed E-state index contributed by atoms with van der Waals surface area (Å²) in [6.07, 6.45) is 3.12. The lowest BCUT2D eigenvalue weighted by Crippen LogP contribution is -2.45. The molecule has 7 nitrogen and oxygen atoms in total. The average molecular weight is 369 g/mol. The number of carbonyl (C=O) groups excluding carboxylic acids is 2. The minimum absolute atomic E-state index is 0.194. The number of carbonyl (C=O) groups is 2. The SMILES string of the molecule is CC(C)(C)OC(=O)NCCc1nc(C(=O)N[C@H]2CCCC[C@@H]2O)cs1. The summed E-state index contributed by atoms with van der Waals surface area (Å²) in [5.41, 5.74) is -0.171. The number of alkyl carbamates (subject to hydrolysis) is 1. The van der Waals surface area contributed by atoms with Crippen molar-refractivity contribution in [3.8, 4) is 0 Å². The van der Waals surface area contributed by atoms with Crippen LogP contribution in [0.3, 0.4) is 0 Å². The molecule has 1 aliphatic rings. The van der Waals surface area contributed by atoms with Crippen LogP contribution in [-0.2, 0) is 11.2 Å². The van der Waals surface area contributed by atoms with Crippen molar-refractivity contribution in [1.82, 2.24) is 15.6 Å². The highest BCUT2D eigenvalue weighted by Gasteiger charge is 2.25. The van der Waals surface area contributed by atoms with Crippen molar-refractivity contribution >= 4 is 23.3 Å². The molecular formula is C17H27N3O4S. The minimum Gasteiger partial charge on any atom is -0.444 e. The van der Waals surface area contributed by atoms with Crippen LogP contribution in [0.25, 0.3) is 0 Å². The molecular weight excluding hydrogens is 342 g/mol. The Kier molecular flexibility index (Phi) is 6.78. The van der Waals surface area contributed by atoms with Gasteiger partial charge in [-0.1, -0.05) is 12.8 Å². The summed E-state index contributed by atoms with van der Waals surface area (Å²) in [5, 5.41) is 17.9. The average Bonchev–Trinajstić information content (AvgIpc) is 2.96. The van der Waals surface area contributed by atoms with Crippen LogP contribution in [-0.4, -0.2) is 46.4 Å². The second kappa shape index (κ2) is 8.62. The lowest BCUT2D eigenvalue weighted by molar-refractivity contribution is 0.0528. The maximum atomic E-state index is 12.2. The lowest BCUT2D eigenvalue weighted by atomic mass is 9.92. The standard InChI is InChI=1S/C17H27N3O4S/c1-17(2,3)24-16(23)18-9-8-14-19-12(10-25-14)15(22)20-11-6-4-5-7-13(11)21/h10-11,13,21H,4-9H2,1-3H3,(H,18,23)(H,20,22)/t11-,13-/m0/s1. The molecule has 2 rings (SSSR count). The van der Waals surface area contributed by atoms with E-state index in [1.165, 1.54) is 11.3 Å². The highest BCUT2D eigenvalue weighted by Crippen LogP contribution is 2.19. The van der Waals surface area contributed by atoms with Crippen LogP contribution in [0.15, 0.2) is 5.38 Å². The van der Waals surface area contributed by atoms with Crippen LogP contribution < -0.4 is 10.6 Å². The molecule has 0 unspecified atom stereocenters. The van der Waals surface area contributed by atoms with Crippen molar-refractivity contribution in [2.75, 3.05) is 6.54 Å². The predicted molar refractivity (Wildman–Crippen MR) is 95.8 cm³/mol. The Labute approximate surface area is 152 Å². The van der Waals surface area contributed by atoms with Gasteiger partial charge in [-0.05, 0) is 33.6 Å². The predicted octanol–water partition coefficient (Wildman–Crippen LogP) is 2.24. The number of hydrogen-bond donors (Lipinski definition) is 3. The van der Waals surface area contributed by atoms with Gasteiger partial charge in [0.25, 0.3) is 5.91 Å². The zero-order chi connectivity index (χ0) is 18.4. The molecule has 0 aromatic carbocycles. The van der Waals surface area contributed by atoms with Crippen LogP contribution in [0.1, 0.15) is 62.0 Å². The van der Waals surface area contributed by atoms with Gasteiger partial charge in [0.2, 0.25) is 0 Å². The first-order valence-electron chi connectivity index (χ1n) is 8.65. The second-order valence-electron chi connectivity index (χ2n) is 7.24. The van der Waals surface area contributed by atoms with Gasteiger partial charge in [-0.25, -0.2) is 9.78 Å². The zero-order valence-corrected chi connectivity index (χ0v) is 15.8. The molecule has 1 heterocycles. The minimum atomic E-state index is -0.528. The zero-order valence-electron chi connectivity index (χ0n) is 15.0. The number of aliphatic hydroxyl groups is 1. The quantitative estimate of drug-likeness (QED) is 0.739. The number of hydrogen-bond acceptors (Lipinski definition) is 6. The van der Waals surface area contributed by atoms with Crippen molar-refractivity contribution in [2.24, 2.45) is 0 Å². The molecule has 0 spiro atoms. The van der Waals surface area contributed by atoms with Crippen molar-refractivity contribution in [3.05, 3.63) is 16.1 Å². The number of aliphatic hydroxyl groups excluding tert-OH is 1.